The highest BCUT2D eigenvalue weighted by atomic mass is 32.2. The molecule has 2 aromatic rings. The molecular formula is C21H27FN2O3S. The van der Waals surface area contributed by atoms with Gasteiger partial charge in [0.2, 0.25) is 15.9 Å². The molecule has 28 heavy (non-hydrogen) atoms. The summed E-state index contributed by atoms with van der Waals surface area (Å²) in [6.45, 7) is 5.81. The van der Waals surface area contributed by atoms with Crippen molar-refractivity contribution >= 4 is 15.9 Å². The Morgan fingerprint density at radius 1 is 1.11 bits per heavy atom. The summed E-state index contributed by atoms with van der Waals surface area (Å²) in [5.41, 5.74) is 1.14. The van der Waals surface area contributed by atoms with Crippen LogP contribution in [0.5, 0.6) is 0 Å². The van der Waals surface area contributed by atoms with E-state index in [-0.39, 0.29) is 23.5 Å². The second-order valence-corrected chi connectivity index (χ2v) is 9.15. The van der Waals surface area contributed by atoms with Gasteiger partial charge < -0.3 is 5.32 Å². The van der Waals surface area contributed by atoms with Crippen molar-refractivity contribution in [1.82, 2.24) is 9.62 Å². The lowest BCUT2D eigenvalue weighted by Gasteiger charge is -2.22. The molecule has 1 N–H and O–H groups in total. The Labute approximate surface area is 166 Å². The Bertz CT molecular complexity index is 896. The molecule has 0 saturated carbocycles. The molecule has 0 aliphatic carbocycles. The van der Waals surface area contributed by atoms with Crippen LogP contribution in [-0.4, -0.2) is 31.7 Å². The summed E-state index contributed by atoms with van der Waals surface area (Å²) in [6.07, 6.45) is 0.795. The van der Waals surface area contributed by atoms with Crippen LogP contribution in [0.25, 0.3) is 0 Å². The standard InChI is InChI=1S/C21H27FN2O3S/c1-16(2)12-13-23-21(25)15-24(14-18-6-4-5-7-20(18)22)28(26,27)19-10-8-17(3)9-11-19/h4-11,16H,12-15H2,1-3H3,(H,23,25). The zero-order chi connectivity index (χ0) is 20.7. The van der Waals surface area contributed by atoms with Crippen LogP contribution in [0.1, 0.15) is 31.4 Å². The summed E-state index contributed by atoms with van der Waals surface area (Å²) in [5, 5.41) is 2.74. The minimum Gasteiger partial charge on any atom is -0.355 e. The van der Waals surface area contributed by atoms with Crippen molar-refractivity contribution in [1.29, 1.82) is 0 Å². The van der Waals surface area contributed by atoms with Gasteiger partial charge in [-0.05, 0) is 37.5 Å². The minimum absolute atomic E-state index is 0.0735. The molecule has 0 radical (unpaired) electrons. The highest BCUT2D eigenvalue weighted by Crippen LogP contribution is 2.20. The quantitative estimate of drug-likeness (QED) is 0.693. The molecule has 0 spiro atoms. The molecule has 0 fully saturated rings. The van der Waals surface area contributed by atoms with E-state index in [1.54, 1.807) is 18.2 Å². The number of aryl methyl sites for hydroxylation is 1. The first kappa shape index (κ1) is 22.0. The first-order valence-corrected chi connectivity index (χ1v) is 10.7. The number of carbonyl (C=O) groups excluding carboxylic acids is 1. The Balaban J connectivity index is 2.26. The number of amides is 1. The summed E-state index contributed by atoms with van der Waals surface area (Å²) >= 11 is 0. The fourth-order valence-electron chi connectivity index (χ4n) is 2.62. The maximum Gasteiger partial charge on any atom is 0.243 e. The van der Waals surface area contributed by atoms with E-state index in [1.165, 1.54) is 30.3 Å². The van der Waals surface area contributed by atoms with Gasteiger partial charge in [0.1, 0.15) is 5.82 Å². The Morgan fingerprint density at radius 3 is 2.36 bits per heavy atom. The van der Waals surface area contributed by atoms with Gasteiger partial charge in [-0.3, -0.25) is 4.79 Å². The molecule has 0 bridgehead atoms. The molecule has 0 aromatic heterocycles. The van der Waals surface area contributed by atoms with Gasteiger partial charge in [0, 0.05) is 18.7 Å². The summed E-state index contributed by atoms with van der Waals surface area (Å²) in [7, 11) is -3.96. The van der Waals surface area contributed by atoms with Crippen molar-refractivity contribution in [2.24, 2.45) is 5.92 Å². The summed E-state index contributed by atoms with van der Waals surface area (Å²) < 4.78 is 41.3. The van der Waals surface area contributed by atoms with Crippen LogP contribution in [0.2, 0.25) is 0 Å². The second-order valence-electron chi connectivity index (χ2n) is 7.21. The average molecular weight is 407 g/mol. The molecule has 0 aliphatic heterocycles. The van der Waals surface area contributed by atoms with Crippen molar-refractivity contribution in [2.45, 2.75) is 38.6 Å². The third-order valence-corrected chi connectivity index (χ3v) is 6.13. The predicted octanol–water partition coefficient (Wildman–Crippen LogP) is 3.49. The SMILES string of the molecule is Cc1ccc(S(=O)(=O)N(CC(=O)NCCC(C)C)Cc2ccccc2F)cc1. The molecule has 5 nitrogen and oxygen atoms in total. The van der Waals surface area contributed by atoms with E-state index in [2.05, 4.69) is 5.32 Å². The fourth-order valence-corrected chi connectivity index (χ4v) is 3.99. The van der Waals surface area contributed by atoms with E-state index in [0.717, 1.165) is 16.3 Å². The van der Waals surface area contributed by atoms with E-state index in [4.69, 9.17) is 0 Å². The Hall–Kier alpha value is -2.25. The van der Waals surface area contributed by atoms with Crippen molar-refractivity contribution in [3.05, 3.63) is 65.5 Å². The van der Waals surface area contributed by atoms with Crippen LogP contribution in [0.3, 0.4) is 0 Å². The molecule has 0 saturated heterocycles. The molecule has 7 heteroatoms. The third kappa shape index (κ3) is 6.14. The first-order chi connectivity index (χ1) is 13.2. The maximum atomic E-state index is 14.1. The van der Waals surface area contributed by atoms with Gasteiger partial charge in [-0.2, -0.15) is 4.31 Å². The predicted molar refractivity (Wildman–Crippen MR) is 108 cm³/mol. The van der Waals surface area contributed by atoms with E-state index in [9.17, 15) is 17.6 Å². The number of rotatable bonds is 9. The van der Waals surface area contributed by atoms with E-state index >= 15 is 0 Å². The van der Waals surface area contributed by atoms with Gasteiger partial charge in [-0.1, -0.05) is 49.7 Å². The van der Waals surface area contributed by atoms with Crippen molar-refractivity contribution in [3.63, 3.8) is 0 Å². The van der Waals surface area contributed by atoms with E-state index in [0.29, 0.717) is 12.5 Å². The van der Waals surface area contributed by atoms with E-state index < -0.39 is 21.7 Å². The molecule has 2 aromatic carbocycles. The molecule has 2 rings (SSSR count). The highest BCUT2D eigenvalue weighted by Gasteiger charge is 2.27. The zero-order valence-electron chi connectivity index (χ0n) is 16.5. The number of hydrogen-bond donors (Lipinski definition) is 1. The summed E-state index contributed by atoms with van der Waals surface area (Å²) in [6, 6.07) is 12.3. The molecule has 0 aliphatic rings. The molecule has 0 unspecified atom stereocenters. The van der Waals surface area contributed by atoms with Crippen molar-refractivity contribution in [3.8, 4) is 0 Å². The number of carbonyl (C=O) groups is 1. The summed E-state index contributed by atoms with van der Waals surface area (Å²) in [4.78, 5) is 12.4. The van der Waals surface area contributed by atoms with Gasteiger partial charge >= 0.3 is 0 Å². The Morgan fingerprint density at radius 2 is 1.75 bits per heavy atom. The second kappa shape index (κ2) is 9.80. The van der Waals surface area contributed by atoms with Crippen molar-refractivity contribution < 1.29 is 17.6 Å². The molecule has 0 heterocycles. The smallest absolute Gasteiger partial charge is 0.243 e. The monoisotopic (exact) mass is 406 g/mol. The number of nitrogens with one attached hydrogen (secondary N) is 1. The number of halogens is 1. The summed E-state index contributed by atoms with van der Waals surface area (Å²) in [5.74, 6) is -0.495. The van der Waals surface area contributed by atoms with Gasteiger partial charge in [0.15, 0.2) is 0 Å². The van der Waals surface area contributed by atoms with Crippen LogP contribution in [0, 0.1) is 18.7 Å². The Kier molecular flexibility index (Phi) is 7.71. The number of nitrogens with zero attached hydrogens (tertiary/aromatic N) is 1. The fraction of sp³-hybridized carbons (Fsp3) is 0.381. The average Bonchev–Trinajstić information content (AvgIpc) is 2.63. The van der Waals surface area contributed by atoms with Gasteiger partial charge in [-0.25, -0.2) is 12.8 Å². The number of sulfonamides is 1. The first-order valence-electron chi connectivity index (χ1n) is 9.27. The highest BCUT2D eigenvalue weighted by molar-refractivity contribution is 7.89. The van der Waals surface area contributed by atoms with Gasteiger partial charge in [0.05, 0.1) is 11.4 Å². The zero-order valence-corrected chi connectivity index (χ0v) is 17.3. The number of hydrogen-bond acceptors (Lipinski definition) is 3. The molecule has 152 valence electrons. The van der Waals surface area contributed by atoms with Crippen LogP contribution < -0.4 is 5.32 Å². The van der Waals surface area contributed by atoms with Gasteiger partial charge in [-0.15, -0.1) is 0 Å². The third-order valence-electron chi connectivity index (χ3n) is 4.33. The topological polar surface area (TPSA) is 66.5 Å². The lowest BCUT2D eigenvalue weighted by Crippen LogP contribution is -2.40. The van der Waals surface area contributed by atoms with Crippen LogP contribution in [0.15, 0.2) is 53.4 Å². The lowest BCUT2D eigenvalue weighted by molar-refractivity contribution is -0.121. The lowest BCUT2D eigenvalue weighted by atomic mass is 10.1. The van der Waals surface area contributed by atoms with Crippen molar-refractivity contribution in [2.75, 3.05) is 13.1 Å². The normalized spacial score (nSPS) is 11.8. The minimum atomic E-state index is -3.96. The maximum absolute atomic E-state index is 14.1. The van der Waals surface area contributed by atoms with Crippen LogP contribution >= 0.6 is 0 Å². The molecule has 1 amide bonds. The number of benzene rings is 2. The van der Waals surface area contributed by atoms with Gasteiger partial charge in [0.25, 0.3) is 0 Å². The molecular weight excluding hydrogens is 379 g/mol. The molecule has 0 atom stereocenters. The van der Waals surface area contributed by atoms with Crippen LogP contribution in [0.4, 0.5) is 4.39 Å². The van der Waals surface area contributed by atoms with Crippen LogP contribution in [-0.2, 0) is 21.4 Å². The van der Waals surface area contributed by atoms with E-state index in [1.807, 2.05) is 20.8 Å². The largest absolute Gasteiger partial charge is 0.355 e.